The van der Waals surface area contributed by atoms with Crippen molar-refractivity contribution in [3.8, 4) is 0 Å². The Bertz CT molecular complexity index is 939. The van der Waals surface area contributed by atoms with Gasteiger partial charge in [-0.05, 0) is 43.9 Å². The third-order valence-corrected chi connectivity index (χ3v) is 6.62. The first-order chi connectivity index (χ1) is 14.5. The average Bonchev–Trinajstić information content (AvgIpc) is 3.21. The van der Waals surface area contributed by atoms with E-state index in [1.807, 2.05) is 0 Å². The van der Waals surface area contributed by atoms with Gasteiger partial charge in [0.1, 0.15) is 6.04 Å². The summed E-state index contributed by atoms with van der Waals surface area (Å²) in [7, 11) is 0. The van der Waals surface area contributed by atoms with E-state index < -0.39 is 23.8 Å². The van der Waals surface area contributed by atoms with Gasteiger partial charge in [-0.15, -0.1) is 0 Å². The summed E-state index contributed by atoms with van der Waals surface area (Å²) >= 11 is 0. The highest BCUT2D eigenvalue weighted by Gasteiger charge is 2.45. The summed E-state index contributed by atoms with van der Waals surface area (Å²) in [6.07, 6.45) is 3.22. The van der Waals surface area contributed by atoms with Crippen LogP contribution in [0.3, 0.4) is 0 Å². The monoisotopic (exact) mass is 412 g/mol. The molecular weight excluding hydrogens is 388 g/mol. The number of hydrogen-bond acceptors (Lipinski definition) is 7. The molecule has 0 radical (unpaired) electrons. The summed E-state index contributed by atoms with van der Waals surface area (Å²) in [5.41, 5.74) is 1.47. The zero-order valence-electron chi connectivity index (χ0n) is 16.5. The molecule has 4 heterocycles. The van der Waals surface area contributed by atoms with Crippen LogP contribution in [0.4, 0.5) is 5.69 Å². The highest BCUT2D eigenvalue weighted by molar-refractivity contribution is 6.23. The maximum Gasteiger partial charge on any atom is 0.262 e. The van der Waals surface area contributed by atoms with Crippen molar-refractivity contribution < 1.29 is 23.9 Å². The van der Waals surface area contributed by atoms with Crippen LogP contribution in [0.15, 0.2) is 18.2 Å². The summed E-state index contributed by atoms with van der Waals surface area (Å²) in [4.78, 5) is 50.3. The molecule has 5 rings (SSSR count). The Kier molecular flexibility index (Phi) is 4.59. The van der Waals surface area contributed by atoms with Crippen LogP contribution in [-0.2, 0) is 14.3 Å². The number of ether oxygens (including phenoxy) is 1. The highest BCUT2D eigenvalue weighted by Crippen LogP contribution is 2.33. The lowest BCUT2D eigenvalue weighted by atomic mass is 9.87. The van der Waals surface area contributed by atoms with Crippen LogP contribution in [-0.4, -0.2) is 65.9 Å². The fraction of sp³-hybridized carbons (Fsp3) is 0.524. The van der Waals surface area contributed by atoms with E-state index >= 15 is 0 Å². The van der Waals surface area contributed by atoms with Gasteiger partial charge in [-0.2, -0.15) is 0 Å². The van der Waals surface area contributed by atoms with Crippen molar-refractivity contribution in [3.63, 3.8) is 0 Å². The highest BCUT2D eigenvalue weighted by atomic mass is 16.5. The van der Waals surface area contributed by atoms with Crippen molar-refractivity contribution in [2.75, 3.05) is 25.1 Å². The van der Waals surface area contributed by atoms with E-state index in [1.165, 1.54) is 0 Å². The summed E-state index contributed by atoms with van der Waals surface area (Å²) in [6, 6.07) is 4.40. The van der Waals surface area contributed by atoms with E-state index in [9.17, 15) is 19.2 Å². The first kappa shape index (κ1) is 19.2. The lowest BCUT2D eigenvalue weighted by Gasteiger charge is -2.33. The van der Waals surface area contributed by atoms with Crippen molar-refractivity contribution >= 4 is 29.3 Å². The minimum absolute atomic E-state index is 0.109. The molecule has 2 unspecified atom stereocenters. The van der Waals surface area contributed by atoms with Crippen LogP contribution in [0.5, 0.6) is 0 Å². The van der Waals surface area contributed by atoms with Crippen LogP contribution in [0.25, 0.3) is 0 Å². The number of carbonyl (C=O) groups excluding carboxylic acids is 4. The summed E-state index contributed by atoms with van der Waals surface area (Å²) in [6.45, 7) is 2.36. The molecule has 3 saturated heterocycles. The van der Waals surface area contributed by atoms with E-state index in [4.69, 9.17) is 4.74 Å². The second kappa shape index (κ2) is 7.17. The van der Waals surface area contributed by atoms with Crippen molar-refractivity contribution in [1.29, 1.82) is 0 Å². The van der Waals surface area contributed by atoms with Gasteiger partial charge in [-0.25, -0.2) is 0 Å². The minimum atomic E-state index is -0.945. The largest absolute Gasteiger partial charge is 0.381 e. The summed E-state index contributed by atoms with van der Waals surface area (Å²) in [5.74, 6) is -1.96. The number of amides is 4. The van der Waals surface area contributed by atoms with Crippen molar-refractivity contribution in [2.24, 2.45) is 0 Å². The number of fused-ring (bicyclic) bond motifs is 1. The number of piperidine rings is 1. The molecule has 9 nitrogen and oxygen atoms in total. The van der Waals surface area contributed by atoms with Gasteiger partial charge in [0.25, 0.3) is 11.8 Å². The summed E-state index contributed by atoms with van der Waals surface area (Å²) in [5, 5.41) is 9.31. The molecule has 4 aliphatic heterocycles. The van der Waals surface area contributed by atoms with Crippen molar-refractivity contribution in [2.45, 2.75) is 49.7 Å². The third kappa shape index (κ3) is 3.18. The van der Waals surface area contributed by atoms with Gasteiger partial charge in [0.15, 0.2) is 0 Å². The van der Waals surface area contributed by atoms with E-state index in [0.29, 0.717) is 11.1 Å². The number of anilines is 1. The number of hydrogen-bond donors (Lipinski definition) is 3. The van der Waals surface area contributed by atoms with E-state index in [0.717, 1.165) is 49.6 Å². The molecule has 0 aliphatic carbocycles. The van der Waals surface area contributed by atoms with Gasteiger partial charge in [-0.1, -0.05) is 0 Å². The van der Waals surface area contributed by atoms with Crippen molar-refractivity contribution in [3.05, 3.63) is 29.3 Å². The van der Waals surface area contributed by atoms with Gasteiger partial charge in [0, 0.05) is 43.4 Å². The lowest BCUT2D eigenvalue weighted by molar-refractivity contribution is -0.136. The van der Waals surface area contributed by atoms with E-state index in [2.05, 4.69) is 16.0 Å². The van der Waals surface area contributed by atoms with Crippen LogP contribution >= 0.6 is 0 Å². The number of nitrogens with one attached hydrogen (secondary N) is 3. The third-order valence-electron chi connectivity index (χ3n) is 6.62. The second-order valence-corrected chi connectivity index (χ2v) is 8.53. The normalized spacial score (nSPS) is 28.1. The molecule has 158 valence electrons. The molecule has 3 fully saturated rings. The standard InChI is InChI=1S/C21H24N4O5/c26-17-4-3-16(18(27)24-17)25-19(28)14-2-1-12(9-15(14)20(25)29)23-13-10-21(22-11-13)5-7-30-8-6-21/h1-2,9,13,16,22-23H,3-8,10-11H2,(H,24,26,27). The van der Waals surface area contributed by atoms with Gasteiger partial charge in [0.05, 0.1) is 11.1 Å². The number of imide groups is 2. The molecule has 2 atom stereocenters. The van der Waals surface area contributed by atoms with E-state index in [1.54, 1.807) is 18.2 Å². The summed E-state index contributed by atoms with van der Waals surface area (Å²) < 4.78 is 5.47. The lowest BCUT2D eigenvalue weighted by Crippen LogP contribution is -2.54. The Labute approximate surface area is 173 Å². The first-order valence-electron chi connectivity index (χ1n) is 10.4. The van der Waals surface area contributed by atoms with Crippen LogP contribution < -0.4 is 16.0 Å². The smallest absolute Gasteiger partial charge is 0.262 e. The second-order valence-electron chi connectivity index (χ2n) is 8.53. The Morgan fingerprint density at radius 1 is 1.07 bits per heavy atom. The number of benzene rings is 1. The molecule has 4 amide bonds. The molecule has 1 spiro atoms. The number of carbonyl (C=O) groups is 4. The molecule has 0 bridgehead atoms. The Hall–Kier alpha value is -2.78. The average molecular weight is 412 g/mol. The predicted octanol–water partition coefficient (Wildman–Crippen LogP) is 0.411. The maximum atomic E-state index is 13.0. The fourth-order valence-electron chi connectivity index (χ4n) is 5.00. The van der Waals surface area contributed by atoms with Crippen LogP contribution in [0.1, 0.15) is 52.8 Å². The minimum Gasteiger partial charge on any atom is -0.381 e. The van der Waals surface area contributed by atoms with Crippen LogP contribution in [0.2, 0.25) is 0 Å². The molecule has 1 aromatic carbocycles. The number of rotatable bonds is 3. The molecule has 1 aromatic rings. The Balaban J connectivity index is 1.31. The zero-order chi connectivity index (χ0) is 20.9. The molecular formula is C21H24N4O5. The van der Waals surface area contributed by atoms with Crippen molar-refractivity contribution in [1.82, 2.24) is 15.5 Å². The first-order valence-corrected chi connectivity index (χ1v) is 10.4. The Morgan fingerprint density at radius 2 is 1.83 bits per heavy atom. The number of nitrogens with zero attached hydrogens (tertiary/aromatic N) is 1. The maximum absolute atomic E-state index is 13.0. The van der Waals surface area contributed by atoms with Gasteiger partial charge in [0.2, 0.25) is 11.8 Å². The SMILES string of the molecule is O=C1CCC(N2C(=O)c3ccc(NC4CNC5(CCOCC5)C4)cc3C2=O)C(=O)N1. The Morgan fingerprint density at radius 3 is 2.60 bits per heavy atom. The molecule has 4 aliphatic rings. The zero-order valence-corrected chi connectivity index (χ0v) is 16.5. The van der Waals surface area contributed by atoms with Crippen LogP contribution in [0, 0.1) is 0 Å². The molecule has 0 saturated carbocycles. The quantitative estimate of drug-likeness (QED) is 0.616. The molecule has 9 heteroatoms. The van der Waals surface area contributed by atoms with Gasteiger partial charge < -0.3 is 15.4 Å². The predicted molar refractivity (Wildman–Crippen MR) is 106 cm³/mol. The fourth-order valence-corrected chi connectivity index (χ4v) is 5.00. The topological polar surface area (TPSA) is 117 Å². The van der Waals surface area contributed by atoms with E-state index in [-0.39, 0.29) is 30.3 Å². The molecule has 3 N–H and O–H groups in total. The molecule has 0 aromatic heterocycles. The molecule has 30 heavy (non-hydrogen) atoms. The van der Waals surface area contributed by atoms with Gasteiger partial charge >= 0.3 is 0 Å². The van der Waals surface area contributed by atoms with Gasteiger partial charge in [-0.3, -0.25) is 29.4 Å².